The number of Topliss-reactive ketones (excluding diaryl/α,β-unsaturated/α-hetero) is 1. The van der Waals surface area contributed by atoms with Crippen LogP contribution in [0.2, 0.25) is 0 Å². The highest BCUT2D eigenvalue weighted by atomic mass is 79.9. The summed E-state index contributed by atoms with van der Waals surface area (Å²) in [5, 5.41) is 3.05. The summed E-state index contributed by atoms with van der Waals surface area (Å²) >= 11 is 3.32. The molecule has 1 aromatic heterocycles. The van der Waals surface area contributed by atoms with Crippen molar-refractivity contribution >= 4 is 50.6 Å². The van der Waals surface area contributed by atoms with E-state index in [2.05, 4.69) is 42.1 Å². The quantitative estimate of drug-likeness (QED) is 0.341. The second-order valence-electron chi connectivity index (χ2n) is 5.83. The third kappa shape index (κ3) is 4.63. The number of benzene rings is 2. The highest BCUT2D eigenvalue weighted by Gasteiger charge is 2.11. The van der Waals surface area contributed by atoms with Gasteiger partial charge in [0.1, 0.15) is 12.0 Å². The van der Waals surface area contributed by atoms with E-state index < -0.39 is 0 Å². The number of aromatic nitrogens is 2. The van der Waals surface area contributed by atoms with Gasteiger partial charge in [-0.1, -0.05) is 28.1 Å². The Morgan fingerprint density at radius 1 is 1.00 bits per heavy atom. The molecule has 0 aliphatic carbocycles. The summed E-state index contributed by atoms with van der Waals surface area (Å²) in [7, 11) is 0. The zero-order valence-corrected chi connectivity index (χ0v) is 16.4. The van der Waals surface area contributed by atoms with Gasteiger partial charge in [0.05, 0.1) is 0 Å². The summed E-state index contributed by atoms with van der Waals surface area (Å²) in [5.74, 6) is 0.202. The number of hydrazine groups is 1. The monoisotopic (exact) mass is 440 g/mol. The van der Waals surface area contributed by atoms with Crippen LogP contribution in [0, 0.1) is 0 Å². The van der Waals surface area contributed by atoms with Crippen LogP contribution in [0.15, 0.2) is 59.3 Å². The second kappa shape index (κ2) is 8.49. The average molecular weight is 441 g/mol. The number of ketones is 1. The van der Waals surface area contributed by atoms with Gasteiger partial charge in [-0.3, -0.25) is 20.4 Å². The highest BCUT2D eigenvalue weighted by molar-refractivity contribution is 9.10. The van der Waals surface area contributed by atoms with Gasteiger partial charge in [0.15, 0.2) is 17.4 Å². The van der Waals surface area contributed by atoms with Crippen LogP contribution in [0.1, 0.15) is 27.6 Å². The smallest absolute Gasteiger partial charge is 0.269 e. The molecule has 8 nitrogen and oxygen atoms in total. The lowest BCUT2D eigenvalue weighted by molar-refractivity contribution is 0.0961. The van der Waals surface area contributed by atoms with Gasteiger partial charge in [-0.05, 0) is 43.3 Å². The van der Waals surface area contributed by atoms with Crippen LogP contribution >= 0.6 is 15.9 Å². The number of carbonyl (C=O) groups excluding carboxylic acids is 2. The first-order valence-electron chi connectivity index (χ1n) is 8.24. The number of nitrogens with zero attached hydrogens (tertiary/aromatic N) is 2. The first-order valence-corrected chi connectivity index (χ1v) is 9.04. The van der Waals surface area contributed by atoms with Crippen LogP contribution in [-0.4, -0.2) is 21.7 Å². The lowest BCUT2D eigenvalue weighted by Gasteiger charge is -2.13. The minimum Gasteiger partial charge on any atom is -0.393 e. The Morgan fingerprint density at radius 2 is 1.71 bits per heavy atom. The third-order valence-corrected chi connectivity index (χ3v) is 4.35. The number of halogens is 1. The molecule has 1 heterocycles. The number of nitrogens with two attached hydrogens (primary N) is 1. The third-order valence-electron chi connectivity index (χ3n) is 3.82. The largest absolute Gasteiger partial charge is 0.393 e. The van der Waals surface area contributed by atoms with Crippen molar-refractivity contribution in [2.45, 2.75) is 6.92 Å². The minimum absolute atomic E-state index is 0.0441. The summed E-state index contributed by atoms with van der Waals surface area (Å²) in [6.45, 7) is 1.49. The highest BCUT2D eigenvalue weighted by Crippen LogP contribution is 2.25. The van der Waals surface area contributed by atoms with Gasteiger partial charge in [-0.2, -0.15) is 0 Å². The van der Waals surface area contributed by atoms with Crippen LogP contribution in [-0.2, 0) is 0 Å². The summed E-state index contributed by atoms with van der Waals surface area (Å²) in [4.78, 5) is 31.9. The zero-order chi connectivity index (χ0) is 20.1. The molecule has 1 amide bonds. The molecule has 3 rings (SSSR count). The van der Waals surface area contributed by atoms with E-state index in [1.54, 1.807) is 48.5 Å². The van der Waals surface area contributed by atoms with Gasteiger partial charge in [0.25, 0.3) is 5.91 Å². The van der Waals surface area contributed by atoms with Crippen LogP contribution in [0.5, 0.6) is 0 Å². The Balaban J connectivity index is 1.72. The molecule has 0 bridgehead atoms. The number of anilines is 4. The molecule has 0 aliphatic rings. The van der Waals surface area contributed by atoms with Crippen molar-refractivity contribution in [1.82, 2.24) is 15.4 Å². The van der Waals surface area contributed by atoms with E-state index in [9.17, 15) is 9.59 Å². The standard InChI is InChI=1S/C19H17BrN6O2/c1-11(27)13-3-2-4-15(9-13)24-17-16(21)18(23-10-22-17)25-26-19(28)12-5-7-14(20)8-6-12/h2-10H,21H2,1H3,(H,26,28)(H2,22,23,24,25). The molecule has 0 fully saturated rings. The first kappa shape index (κ1) is 19.3. The SMILES string of the molecule is CC(=O)c1cccc(Nc2ncnc(NNC(=O)c3ccc(Br)cc3)c2N)c1. The van der Waals surface area contributed by atoms with Crippen molar-refractivity contribution < 1.29 is 9.59 Å². The molecule has 142 valence electrons. The maximum atomic E-state index is 12.2. The fourth-order valence-corrected chi connectivity index (χ4v) is 2.60. The molecule has 0 atom stereocenters. The van der Waals surface area contributed by atoms with E-state index in [1.807, 2.05) is 0 Å². The molecule has 0 radical (unpaired) electrons. The normalized spacial score (nSPS) is 10.2. The van der Waals surface area contributed by atoms with Crippen LogP contribution in [0.3, 0.4) is 0 Å². The lowest BCUT2D eigenvalue weighted by atomic mass is 10.1. The maximum absolute atomic E-state index is 12.2. The number of nitrogens with one attached hydrogen (secondary N) is 3. The second-order valence-corrected chi connectivity index (χ2v) is 6.75. The van der Waals surface area contributed by atoms with E-state index in [0.717, 1.165) is 4.47 Å². The molecule has 0 aliphatic heterocycles. The fraction of sp³-hybridized carbons (Fsp3) is 0.0526. The number of rotatable bonds is 6. The van der Waals surface area contributed by atoms with Gasteiger partial charge in [-0.15, -0.1) is 0 Å². The molecule has 2 aromatic carbocycles. The van der Waals surface area contributed by atoms with E-state index >= 15 is 0 Å². The molecular weight excluding hydrogens is 424 g/mol. The summed E-state index contributed by atoms with van der Waals surface area (Å²) in [6, 6.07) is 13.9. The molecule has 28 heavy (non-hydrogen) atoms. The Bertz CT molecular complexity index is 1020. The van der Waals surface area contributed by atoms with Crippen LogP contribution in [0.25, 0.3) is 0 Å². The van der Waals surface area contributed by atoms with E-state index in [4.69, 9.17) is 5.73 Å². The van der Waals surface area contributed by atoms with Crippen molar-refractivity contribution in [3.8, 4) is 0 Å². The Kier molecular flexibility index (Phi) is 5.85. The van der Waals surface area contributed by atoms with Crippen molar-refractivity contribution in [3.05, 3.63) is 70.5 Å². The summed E-state index contributed by atoms with van der Waals surface area (Å²) < 4.78 is 0.876. The average Bonchev–Trinajstić information content (AvgIpc) is 2.69. The Hall–Kier alpha value is -3.46. The van der Waals surface area contributed by atoms with Gasteiger partial charge in [0, 0.05) is 21.3 Å². The van der Waals surface area contributed by atoms with Gasteiger partial charge < -0.3 is 11.1 Å². The van der Waals surface area contributed by atoms with E-state index in [1.165, 1.54) is 13.3 Å². The predicted molar refractivity (Wildman–Crippen MR) is 111 cm³/mol. The molecule has 0 saturated carbocycles. The number of hydrogen-bond donors (Lipinski definition) is 4. The lowest BCUT2D eigenvalue weighted by Crippen LogP contribution is -2.30. The molecule has 9 heteroatoms. The maximum Gasteiger partial charge on any atom is 0.269 e. The minimum atomic E-state index is -0.339. The van der Waals surface area contributed by atoms with Gasteiger partial charge in [-0.25, -0.2) is 9.97 Å². The first-order chi connectivity index (χ1) is 13.4. The molecule has 0 saturated heterocycles. The van der Waals surface area contributed by atoms with Crippen LogP contribution < -0.4 is 21.9 Å². The number of amides is 1. The van der Waals surface area contributed by atoms with Crippen molar-refractivity contribution in [2.24, 2.45) is 0 Å². The number of nitrogen functional groups attached to an aromatic ring is 1. The van der Waals surface area contributed by atoms with Crippen LogP contribution in [0.4, 0.5) is 23.0 Å². The number of carbonyl (C=O) groups is 2. The topological polar surface area (TPSA) is 122 Å². The molecule has 5 N–H and O–H groups in total. The van der Waals surface area contributed by atoms with Crippen molar-refractivity contribution in [3.63, 3.8) is 0 Å². The van der Waals surface area contributed by atoms with Crippen molar-refractivity contribution in [1.29, 1.82) is 0 Å². The predicted octanol–water partition coefficient (Wildman–Crippen LogP) is 3.52. The number of hydrogen-bond acceptors (Lipinski definition) is 7. The molecular formula is C19H17BrN6O2. The van der Waals surface area contributed by atoms with E-state index in [-0.39, 0.29) is 23.2 Å². The van der Waals surface area contributed by atoms with Gasteiger partial charge >= 0.3 is 0 Å². The summed E-state index contributed by atoms with van der Waals surface area (Å²) in [5.41, 5.74) is 13.3. The molecule has 3 aromatic rings. The zero-order valence-electron chi connectivity index (χ0n) is 14.9. The fourth-order valence-electron chi connectivity index (χ4n) is 2.34. The summed E-state index contributed by atoms with van der Waals surface area (Å²) in [6.07, 6.45) is 1.31. The van der Waals surface area contributed by atoms with E-state index in [0.29, 0.717) is 22.6 Å². The van der Waals surface area contributed by atoms with Crippen molar-refractivity contribution in [2.75, 3.05) is 16.5 Å². The molecule has 0 unspecified atom stereocenters. The Labute approximate surface area is 169 Å². The Morgan fingerprint density at radius 3 is 2.43 bits per heavy atom. The molecule has 0 spiro atoms. The van der Waals surface area contributed by atoms with Gasteiger partial charge in [0.2, 0.25) is 0 Å².